The van der Waals surface area contributed by atoms with E-state index in [4.69, 9.17) is 0 Å². The van der Waals surface area contributed by atoms with Crippen molar-refractivity contribution in [3.8, 4) is 0 Å². The predicted octanol–water partition coefficient (Wildman–Crippen LogP) is 6.80. The van der Waals surface area contributed by atoms with Crippen molar-refractivity contribution in [3.63, 3.8) is 0 Å². The van der Waals surface area contributed by atoms with Gasteiger partial charge in [0.1, 0.15) is 0 Å². The van der Waals surface area contributed by atoms with Gasteiger partial charge in [-0.3, -0.25) is 9.59 Å². The zero-order valence-electron chi connectivity index (χ0n) is 24.8. The number of esters is 4. The quantitative estimate of drug-likeness (QED) is 0.132. The van der Waals surface area contributed by atoms with Crippen molar-refractivity contribution in [2.75, 3.05) is 0 Å². The minimum Gasteiger partial charge on any atom is -0.386 e. The average molecular weight is 613 g/mol. The number of ketones is 2. The largest absolute Gasteiger partial charge is 0.386 e. The molecule has 3 aliphatic rings. The summed E-state index contributed by atoms with van der Waals surface area (Å²) < 4.78 is 9.32. The Kier molecular flexibility index (Phi) is 7.28. The number of hydrogen-bond acceptors (Lipinski definition) is 8. The van der Waals surface area contributed by atoms with Gasteiger partial charge < -0.3 is 9.47 Å². The van der Waals surface area contributed by atoms with Crippen LogP contribution >= 0.6 is 0 Å². The maximum Gasteiger partial charge on any atom is 0.346 e. The fourth-order valence-electron chi connectivity index (χ4n) is 6.92. The minimum absolute atomic E-state index is 0.0941. The van der Waals surface area contributed by atoms with E-state index in [-0.39, 0.29) is 39.2 Å². The summed E-state index contributed by atoms with van der Waals surface area (Å²) in [6.07, 6.45) is 7.34. The van der Waals surface area contributed by atoms with E-state index in [0.717, 1.165) is 49.7 Å². The smallest absolute Gasteiger partial charge is 0.346 e. The summed E-state index contributed by atoms with van der Waals surface area (Å²) in [5, 5.41) is 0. The number of rotatable bonds is 6. The van der Waals surface area contributed by atoms with Crippen molar-refractivity contribution in [2.24, 2.45) is 0 Å². The predicted molar refractivity (Wildman–Crippen MR) is 165 cm³/mol. The van der Waals surface area contributed by atoms with E-state index in [9.17, 15) is 28.8 Å². The first-order valence-electron chi connectivity index (χ1n) is 15.4. The van der Waals surface area contributed by atoms with Gasteiger partial charge in [-0.15, -0.1) is 0 Å². The van der Waals surface area contributed by atoms with Gasteiger partial charge in [0.25, 0.3) is 0 Å². The van der Waals surface area contributed by atoms with Crippen molar-refractivity contribution >= 4 is 35.4 Å². The molecule has 0 radical (unpaired) electrons. The van der Waals surface area contributed by atoms with Gasteiger partial charge in [-0.25, -0.2) is 19.2 Å². The third-order valence-corrected chi connectivity index (χ3v) is 9.42. The van der Waals surface area contributed by atoms with Crippen molar-refractivity contribution in [1.82, 2.24) is 0 Å². The summed E-state index contributed by atoms with van der Waals surface area (Å²) in [5.74, 6) is -3.45. The van der Waals surface area contributed by atoms with E-state index in [1.165, 1.54) is 42.8 Å². The molecule has 0 bridgehead atoms. The zero-order chi connectivity index (χ0) is 32.0. The van der Waals surface area contributed by atoms with Gasteiger partial charge in [-0.2, -0.15) is 0 Å². The Morgan fingerprint density at radius 1 is 0.435 bits per heavy atom. The van der Waals surface area contributed by atoms with Crippen molar-refractivity contribution in [3.05, 3.63) is 141 Å². The fourth-order valence-corrected chi connectivity index (χ4v) is 6.92. The molecule has 0 saturated heterocycles. The minimum atomic E-state index is -0.752. The zero-order valence-corrected chi connectivity index (χ0v) is 24.8. The molecule has 1 saturated carbocycles. The van der Waals surface area contributed by atoms with Crippen LogP contribution in [-0.4, -0.2) is 35.4 Å². The summed E-state index contributed by atoms with van der Waals surface area (Å²) >= 11 is 0. The van der Waals surface area contributed by atoms with Crippen LogP contribution in [0.1, 0.15) is 129 Å². The molecule has 46 heavy (non-hydrogen) atoms. The third kappa shape index (κ3) is 4.96. The molecule has 0 atom stereocenters. The molecule has 8 heteroatoms. The third-order valence-electron chi connectivity index (χ3n) is 9.42. The molecule has 228 valence electrons. The molecular weight excluding hydrogens is 584 g/mol. The average Bonchev–Trinajstić information content (AvgIpc) is 3.52. The lowest BCUT2D eigenvalue weighted by atomic mass is 9.66. The van der Waals surface area contributed by atoms with Crippen LogP contribution < -0.4 is 0 Å². The highest BCUT2D eigenvalue weighted by Crippen LogP contribution is 2.43. The number of carbonyl (C=O) groups is 6. The van der Waals surface area contributed by atoms with Gasteiger partial charge in [0.05, 0.1) is 22.3 Å². The molecule has 0 unspecified atom stereocenters. The normalized spacial score (nSPS) is 17.0. The highest BCUT2D eigenvalue weighted by molar-refractivity contribution is 6.18. The Morgan fingerprint density at radius 3 is 1.20 bits per heavy atom. The van der Waals surface area contributed by atoms with Crippen LogP contribution in [0.5, 0.6) is 0 Å². The van der Waals surface area contributed by atoms with Crippen LogP contribution in [0.4, 0.5) is 0 Å². The van der Waals surface area contributed by atoms with Crippen LogP contribution in [0.15, 0.2) is 84.9 Å². The van der Waals surface area contributed by atoms with Gasteiger partial charge in [-0.1, -0.05) is 92.8 Å². The molecular formula is C38H28O8. The molecule has 0 spiro atoms. The molecule has 7 rings (SSSR count). The fraction of sp³-hybridized carbons (Fsp3) is 0.211. The topological polar surface area (TPSA) is 121 Å². The van der Waals surface area contributed by atoms with Crippen LogP contribution in [-0.2, 0) is 14.9 Å². The van der Waals surface area contributed by atoms with Gasteiger partial charge in [0.15, 0.2) is 11.6 Å². The van der Waals surface area contributed by atoms with E-state index in [1.807, 2.05) is 24.3 Å². The van der Waals surface area contributed by atoms with Crippen LogP contribution in [0, 0.1) is 0 Å². The van der Waals surface area contributed by atoms with Gasteiger partial charge in [0.2, 0.25) is 0 Å². The molecule has 4 aromatic rings. The lowest BCUT2D eigenvalue weighted by Crippen LogP contribution is -2.29. The second kappa shape index (κ2) is 11.5. The van der Waals surface area contributed by atoms with Crippen LogP contribution in [0.2, 0.25) is 0 Å². The lowest BCUT2D eigenvalue weighted by molar-refractivity contribution is 0.0425. The lowest BCUT2D eigenvalue weighted by Gasteiger charge is -2.37. The Balaban J connectivity index is 1.18. The summed E-state index contributed by atoms with van der Waals surface area (Å²) in [5.41, 5.74) is 3.86. The molecule has 0 amide bonds. The Bertz CT molecular complexity index is 1820. The number of fused-ring (bicyclic) bond motifs is 2. The molecule has 0 N–H and O–H groups in total. The van der Waals surface area contributed by atoms with E-state index in [0.29, 0.717) is 22.3 Å². The molecule has 1 fully saturated rings. The van der Waals surface area contributed by atoms with E-state index in [2.05, 4.69) is 9.47 Å². The molecule has 8 nitrogen and oxygen atoms in total. The monoisotopic (exact) mass is 612 g/mol. The number of hydrogen-bond donors (Lipinski definition) is 0. The van der Waals surface area contributed by atoms with E-state index < -0.39 is 23.9 Å². The van der Waals surface area contributed by atoms with Crippen molar-refractivity contribution < 1.29 is 38.2 Å². The summed E-state index contributed by atoms with van der Waals surface area (Å²) in [4.78, 5) is 74.4. The van der Waals surface area contributed by atoms with E-state index in [1.54, 1.807) is 24.3 Å². The maximum atomic E-state index is 13.4. The van der Waals surface area contributed by atoms with Gasteiger partial charge in [-0.05, 0) is 48.2 Å². The van der Waals surface area contributed by atoms with Crippen LogP contribution in [0.25, 0.3) is 0 Å². The first-order valence-corrected chi connectivity index (χ1v) is 15.4. The number of ether oxygens (including phenoxy) is 2. The van der Waals surface area contributed by atoms with Gasteiger partial charge in [0, 0.05) is 27.7 Å². The SMILES string of the molecule is O=C(c1ccc(C2(c3ccc(C(=O)c4ccc5c(c4)C(=O)OC5=O)cc3)CCCCCCC2)cc1)c1ccc2c(c1)C(=O)OC2=O. The summed E-state index contributed by atoms with van der Waals surface area (Å²) in [6.45, 7) is 0. The number of carbonyl (C=O) groups excluding carboxylic acids is 6. The van der Waals surface area contributed by atoms with Crippen LogP contribution in [0.3, 0.4) is 0 Å². The molecule has 2 aliphatic heterocycles. The van der Waals surface area contributed by atoms with Gasteiger partial charge >= 0.3 is 23.9 Å². The standard InChI is InChI=1S/C38H28O8/c39-32(24-10-16-28-30(20-24)36(43)45-34(28)41)22-6-12-26(13-7-22)38(18-4-2-1-3-5-19-38)27-14-8-23(9-15-27)33(40)25-11-17-29-31(21-25)37(44)46-35(29)42/h6-17,20-21H,1-5,18-19H2. The highest BCUT2D eigenvalue weighted by Gasteiger charge is 2.35. The van der Waals surface area contributed by atoms with E-state index >= 15 is 0 Å². The molecule has 0 aromatic heterocycles. The second-order valence-electron chi connectivity index (χ2n) is 12.0. The van der Waals surface area contributed by atoms with Crippen molar-refractivity contribution in [1.29, 1.82) is 0 Å². The molecule has 1 aliphatic carbocycles. The molecule has 2 heterocycles. The Hall–Kier alpha value is -5.50. The Labute approximate surface area is 264 Å². The highest BCUT2D eigenvalue weighted by atomic mass is 16.6. The first kappa shape index (κ1) is 29.2. The summed E-state index contributed by atoms with van der Waals surface area (Å²) in [7, 11) is 0. The first-order chi connectivity index (χ1) is 22.2. The van der Waals surface area contributed by atoms with Crippen molar-refractivity contribution in [2.45, 2.75) is 50.4 Å². The molecule has 4 aromatic carbocycles. The maximum absolute atomic E-state index is 13.4. The number of benzene rings is 4. The second-order valence-corrected chi connectivity index (χ2v) is 12.0. The Morgan fingerprint density at radius 2 is 0.783 bits per heavy atom. The number of cyclic esters (lactones) is 4. The summed E-state index contributed by atoms with van der Waals surface area (Å²) in [6, 6.07) is 23.9.